The molecule has 183 valence electrons. The van der Waals surface area contributed by atoms with Crippen LogP contribution in [0.4, 0.5) is 0 Å². The SMILES string of the molecule is COc1cc(/C=C/C(=O)C(/C=C/C(=O)[C]2[CH][CH][CH][CH]2)=C(O)/C=C/c2ccc(O)c(OC)c2)ccc1O. The summed E-state index contributed by atoms with van der Waals surface area (Å²) >= 11 is 0. The Morgan fingerprint density at radius 3 is 1.81 bits per heavy atom. The van der Waals surface area contributed by atoms with E-state index >= 15 is 0 Å². The summed E-state index contributed by atoms with van der Waals surface area (Å²) in [4.78, 5) is 25.4. The van der Waals surface area contributed by atoms with Crippen LogP contribution >= 0.6 is 0 Å². The molecule has 1 saturated carbocycles. The van der Waals surface area contributed by atoms with E-state index in [0.717, 1.165) is 0 Å². The van der Waals surface area contributed by atoms with Gasteiger partial charge in [0.15, 0.2) is 34.6 Å². The number of phenolic OH excluding ortho intramolecular Hbond substituents is 2. The number of aromatic hydroxyl groups is 2. The Morgan fingerprint density at radius 2 is 1.28 bits per heavy atom. The van der Waals surface area contributed by atoms with Crippen LogP contribution in [-0.2, 0) is 9.59 Å². The van der Waals surface area contributed by atoms with E-state index in [1.54, 1.807) is 49.9 Å². The number of phenols is 2. The highest BCUT2D eigenvalue weighted by Gasteiger charge is 2.22. The van der Waals surface area contributed by atoms with Gasteiger partial charge >= 0.3 is 0 Å². The molecule has 7 nitrogen and oxygen atoms in total. The molecule has 0 heterocycles. The maximum Gasteiger partial charge on any atom is 0.189 e. The predicted octanol–water partition coefficient (Wildman–Crippen LogP) is 4.75. The zero-order chi connectivity index (χ0) is 26.1. The Bertz CT molecular complexity index is 1230. The molecule has 7 heteroatoms. The Labute approximate surface area is 210 Å². The van der Waals surface area contributed by atoms with Gasteiger partial charge in [0.05, 0.1) is 25.7 Å². The van der Waals surface area contributed by atoms with Gasteiger partial charge in [0.2, 0.25) is 0 Å². The molecule has 3 N–H and O–H groups in total. The van der Waals surface area contributed by atoms with Gasteiger partial charge in [-0.2, -0.15) is 0 Å². The van der Waals surface area contributed by atoms with Crippen molar-refractivity contribution in [2.24, 2.45) is 0 Å². The van der Waals surface area contributed by atoms with E-state index in [-0.39, 0.29) is 40.1 Å². The average molecular weight is 486 g/mol. The number of aliphatic hydroxyl groups is 1. The number of hydrogen-bond acceptors (Lipinski definition) is 7. The highest BCUT2D eigenvalue weighted by molar-refractivity contribution is 6.11. The predicted molar refractivity (Wildman–Crippen MR) is 137 cm³/mol. The van der Waals surface area contributed by atoms with Crippen molar-refractivity contribution in [2.45, 2.75) is 0 Å². The first kappa shape index (κ1) is 26.3. The molecule has 2 aromatic carbocycles. The highest BCUT2D eigenvalue weighted by atomic mass is 16.5. The summed E-state index contributed by atoms with van der Waals surface area (Å²) in [5.74, 6) is -0.362. The average Bonchev–Trinajstić information content (AvgIpc) is 3.43. The fraction of sp³-hybridized carbons (Fsp3) is 0.0690. The largest absolute Gasteiger partial charge is 0.507 e. The molecule has 0 unspecified atom stereocenters. The molecule has 0 atom stereocenters. The van der Waals surface area contributed by atoms with E-state index in [4.69, 9.17) is 9.47 Å². The van der Waals surface area contributed by atoms with Gasteiger partial charge in [0.25, 0.3) is 0 Å². The lowest BCUT2D eigenvalue weighted by Gasteiger charge is -2.05. The molecule has 0 spiro atoms. The summed E-state index contributed by atoms with van der Waals surface area (Å²) < 4.78 is 10.2. The Hall–Kier alpha value is -4.26. The van der Waals surface area contributed by atoms with Crippen LogP contribution in [0.2, 0.25) is 0 Å². The van der Waals surface area contributed by atoms with Gasteiger partial charge in [-0.25, -0.2) is 0 Å². The van der Waals surface area contributed by atoms with Gasteiger partial charge in [-0.1, -0.05) is 24.3 Å². The molecule has 0 aliphatic heterocycles. The van der Waals surface area contributed by atoms with Gasteiger partial charge in [0, 0.05) is 0 Å². The molecule has 5 radical (unpaired) electrons. The fourth-order valence-corrected chi connectivity index (χ4v) is 3.21. The van der Waals surface area contributed by atoms with Crippen molar-refractivity contribution in [3.05, 3.63) is 115 Å². The molecule has 0 amide bonds. The van der Waals surface area contributed by atoms with E-state index < -0.39 is 5.78 Å². The van der Waals surface area contributed by atoms with Crippen molar-refractivity contribution in [1.82, 2.24) is 0 Å². The standard InChI is InChI=1S/C29H25O7/c1-35-28-17-19(9-14-26(28)33)7-12-24(31)22(11-16-23(30)21-5-3-4-6-21)25(32)13-8-20-10-15-27(34)29(18-20)36-2/h3-18,31,33-34H,1-2H3/b12-7+,13-8+,16-11+,24-22-. The zero-order valence-corrected chi connectivity index (χ0v) is 19.7. The van der Waals surface area contributed by atoms with Crippen LogP contribution in [0.15, 0.2) is 72.0 Å². The van der Waals surface area contributed by atoms with Gasteiger partial charge in [-0.15, -0.1) is 0 Å². The second-order valence-corrected chi connectivity index (χ2v) is 7.56. The Morgan fingerprint density at radius 1 is 0.750 bits per heavy atom. The van der Waals surface area contributed by atoms with Crippen molar-refractivity contribution < 1.29 is 34.4 Å². The van der Waals surface area contributed by atoms with Crippen LogP contribution < -0.4 is 9.47 Å². The summed E-state index contributed by atoms with van der Waals surface area (Å²) in [6, 6.07) is 9.19. The lowest BCUT2D eigenvalue weighted by molar-refractivity contribution is -0.112. The molecule has 0 saturated heterocycles. The molecule has 0 aromatic heterocycles. The second kappa shape index (κ2) is 12.4. The maximum atomic E-state index is 13.0. The number of rotatable bonds is 10. The van der Waals surface area contributed by atoms with E-state index in [0.29, 0.717) is 17.0 Å². The molecule has 2 aromatic rings. The first-order valence-corrected chi connectivity index (χ1v) is 10.8. The lowest BCUT2D eigenvalue weighted by atomic mass is 10.00. The minimum absolute atomic E-state index is 0.0322. The van der Waals surface area contributed by atoms with E-state index in [1.807, 2.05) is 0 Å². The first-order valence-electron chi connectivity index (χ1n) is 10.8. The van der Waals surface area contributed by atoms with Crippen molar-refractivity contribution in [2.75, 3.05) is 14.2 Å². The zero-order valence-electron chi connectivity index (χ0n) is 19.7. The monoisotopic (exact) mass is 485 g/mol. The normalized spacial score (nSPS) is 15.1. The number of allylic oxidation sites excluding steroid dienone is 5. The smallest absolute Gasteiger partial charge is 0.189 e. The Balaban J connectivity index is 1.90. The molecule has 3 rings (SSSR count). The van der Waals surface area contributed by atoms with Crippen LogP contribution in [0.1, 0.15) is 11.1 Å². The molecule has 0 bridgehead atoms. The fourth-order valence-electron chi connectivity index (χ4n) is 3.21. The van der Waals surface area contributed by atoms with Crippen molar-refractivity contribution in [3.8, 4) is 23.0 Å². The van der Waals surface area contributed by atoms with Crippen molar-refractivity contribution >= 4 is 23.7 Å². The minimum atomic E-state index is -0.556. The number of hydrogen-bond donors (Lipinski definition) is 3. The Kier molecular flexibility index (Phi) is 9.11. The third-order valence-electron chi connectivity index (χ3n) is 5.16. The van der Waals surface area contributed by atoms with Crippen molar-refractivity contribution in [1.29, 1.82) is 0 Å². The molecule has 1 aliphatic rings. The second-order valence-electron chi connectivity index (χ2n) is 7.56. The number of benzene rings is 2. The topological polar surface area (TPSA) is 113 Å². The highest BCUT2D eigenvalue weighted by Crippen LogP contribution is 2.28. The van der Waals surface area contributed by atoms with Crippen LogP contribution in [0, 0.1) is 31.6 Å². The first-order chi connectivity index (χ1) is 17.3. The van der Waals surface area contributed by atoms with Crippen LogP contribution in [0.25, 0.3) is 12.2 Å². The van der Waals surface area contributed by atoms with E-state index in [9.17, 15) is 24.9 Å². The minimum Gasteiger partial charge on any atom is -0.507 e. The molecule has 36 heavy (non-hydrogen) atoms. The number of ether oxygens (including phenoxy) is 2. The van der Waals surface area contributed by atoms with Gasteiger partial charge in [-0.3, -0.25) is 9.59 Å². The maximum absolute atomic E-state index is 13.0. The van der Waals surface area contributed by atoms with Gasteiger partial charge in [-0.05, 0) is 85.4 Å². The molecule has 1 aliphatic carbocycles. The van der Waals surface area contributed by atoms with Crippen LogP contribution in [0.3, 0.4) is 0 Å². The van der Waals surface area contributed by atoms with E-state index in [1.165, 1.54) is 62.8 Å². The number of methoxy groups -OCH3 is 2. The van der Waals surface area contributed by atoms with Crippen molar-refractivity contribution in [3.63, 3.8) is 0 Å². The summed E-state index contributed by atoms with van der Waals surface area (Å²) in [5.41, 5.74) is 1.07. The number of aliphatic hydroxyl groups excluding tert-OH is 1. The number of ketones is 2. The lowest BCUT2D eigenvalue weighted by Crippen LogP contribution is -2.07. The summed E-state index contributed by atoms with van der Waals surface area (Å²) in [6.07, 6.45) is 14.8. The third-order valence-corrected chi connectivity index (χ3v) is 5.16. The third kappa shape index (κ3) is 6.88. The number of carbonyl (C=O) groups is 2. The molecular weight excluding hydrogens is 460 g/mol. The number of carbonyl (C=O) groups excluding carboxylic acids is 2. The quantitative estimate of drug-likeness (QED) is 0.253. The molecular formula is C29H25O7. The summed E-state index contributed by atoms with van der Waals surface area (Å²) in [7, 11) is 2.83. The van der Waals surface area contributed by atoms with Crippen LogP contribution in [-0.4, -0.2) is 41.1 Å². The van der Waals surface area contributed by atoms with Crippen LogP contribution in [0.5, 0.6) is 23.0 Å². The molecule has 1 fully saturated rings. The van der Waals surface area contributed by atoms with Gasteiger partial charge in [0.1, 0.15) is 5.76 Å². The van der Waals surface area contributed by atoms with E-state index in [2.05, 4.69) is 0 Å². The summed E-state index contributed by atoms with van der Waals surface area (Å²) in [5, 5.41) is 30.2. The van der Waals surface area contributed by atoms with Gasteiger partial charge < -0.3 is 24.8 Å². The summed E-state index contributed by atoms with van der Waals surface area (Å²) in [6.45, 7) is 0.